The molecule has 1 aromatic rings. The first-order valence-corrected chi connectivity index (χ1v) is 6.27. The van der Waals surface area contributed by atoms with Gasteiger partial charge < -0.3 is 15.7 Å². The summed E-state index contributed by atoms with van der Waals surface area (Å²) in [6.07, 6.45) is 5.79. The van der Waals surface area contributed by atoms with Gasteiger partial charge in [-0.15, -0.1) is 5.10 Å². The Morgan fingerprint density at radius 2 is 2.33 bits per heavy atom. The van der Waals surface area contributed by atoms with E-state index in [1.807, 2.05) is 4.90 Å². The van der Waals surface area contributed by atoms with E-state index < -0.39 is 0 Å². The number of amidine groups is 1. The monoisotopic (exact) mass is 249 g/mol. The third-order valence-electron chi connectivity index (χ3n) is 3.35. The maximum atomic E-state index is 9.50. The average molecular weight is 249 g/mol. The van der Waals surface area contributed by atoms with E-state index in [-0.39, 0.29) is 18.5 Å². The standard InChI is InChI=1S/C12H19N5O/c13-11(14)10-5-6-15-16-12(10)17-7-3-1-2-4-9(17)8-18/h5-6,9,18H,1-4,7-8H2,(H3,13,14). The zero-order valence-electron chi connectivity index (χ0n) is 10.3. The number of aliphatic hydroxyl groups excluding tert-OH is 1. The minimum atomic E-state index is -0.0131. The molecule has 1 atom stereocenters. The van der Waals surface area contributed by atoms with E-state index in [0.717, 1.165) is 32.2 Å². The van der Waals surface area contributed by atoms with Gasteiger partial charge in [0.05, 0.1) is 24.4 Å². The minimum Gasteiger partial charge on any atom is -0.394 e. The van der Waals surface area contributed by atoms with Crippen molar-refractivity contribution in [2.24, 2.45) is 5.73 Å². The quantitative estimate of drug-likeness (QED) is 0.535. The van der Waals surface area contributed by atoms with E-state index in [1.165, 1.54) is 6.20 Å². The number of rotatable bonds is 3. The summed E-state index contributed by atoms with van der Waals surface area (Å²) >= 11 is 0. The van der Waals surface area contributed by atoms with Gasteiger partial charge in [-0.05, 0) is 18.9 Å². The highest BCUT2D eigenvalue weighted by Gasteiger charge is 2.24. The topological polar surface area (TPSA) is 99.1 Å². The van der Waals surface area contributed by atoms with Crippen LogP contribution in [0.4, 0.5) is 5.82 Å². The molecule has 0 saturated carbocycles. The molecule has 0 bridgehead atoms. The molecule has 6 nitrogen and oxygen atoms in total. The van der Waals surface area contributed by atoms with Gasteiger partial charge in [0.15, 0.2) is 5.82 Å². The highest BCUT2D eigenvalue weighted by atomic mass is 16.3. The van der Waals surface area contributed by atoms with Gasteiger partial charge in [0.1, 0.15) is 5.84 Å². The fourth-order valence-corrected chi connectivity index (χ4v) is 2.39. The zero-order chi connectivity index (χ0) is 13.0. The summed E-state index contributed by atoms with van der Waals surface area (Å²) in [5.41, 5.74) is 6.16. The van der Waals surface area contributed by atoms with E-state index in [0.29, 0.717) is 11.4 Å². The summed E-state index contributed by atoms with van der Waals surface area (Å²) < 4.78 is 0. The van der Waals surface area contributed by atoms with Crippen molar-refractivity contribution in [3.8, 4) is 0 Å². The van der Waals surface area contributed by atoms with E-state index >= 15 is 0 Å². The number of aromatic nitrogens is 2. The third-order valence-corrected chi connectivity index (χ3v) is 3.35. The minimum absolute atomic E-state index is 0.0131. The van der Waals surface area contributed by atoms with Crippen molar-refractivity contribution in [3.05, 3.63) is 17.8 Å². The number of nitrogens with zero attached hydrogens (tertiary/aromatic N) is 3. The molecule has 0 aliphatic carbocycles. The molecule has 4 N–H and O–H groups in total. The highest BCUT2D eigenvalue weighted by molar-refractivity contribution is 5.99. The van der Waals surface area contributed by atoms with Crippen LogP contribution in [0.1, 0.15) is 31.2 Å². The fourth-order valence-electron chi connectivity index (χ4n) is 2.39. The summed E-state index contributed by atoms with van der Waals surface area (Å²) in [5.74, 6) is 0.604. The van der Waals surface area contributed by atoms with Gasteiger partial charge in [-0.2, -0.15) is 5.10 Å². The van der Waals surface area contributed by atoms with Crippen molar-refractivity contribution in [2.75, 3.05) is 18.1 Å². The van der Waals surface area contributed by atoms with Gasteiger partial charge in [-0.25, -0.2) is 0 Å². The van der Waals surface area contributed by atoms with Crippen LogP contribution in [0.2, 0.25) is 0 Å². The molecule has 1 aliphatic rings. The first-order chi connectivity index (χ1) is 8.74. The molecule has 2 rings (SSSR count). The van der Waals surface area contributed by atoms with Gasteiger partial charge >= 0.3 is 0 Å². The van der Waals surface area contributed by atoms with Crippen molar-refractivity contribution in [3.63, 3.8) is 0 Å². The molecule has 18 heavy (non-hydrogen) atoms. The number of hydrogen-bond acceptors (Lipinski definition) is 5. The molecule has 1 aliphatic heterocycles. The molecule has 98 valence electrons. The number of aliphatic hydroxyl groups is 1. The summed E-state index contributed by atoms with van der Waals surface area (Å²) in [6.45, 7) is 0.915. The molecule has 0 amide bonds. The third kappa shape index (κ3) is 2.59. The number of nitrogen functional groups attached to an aromatic ring is 1. The van der Waals surface area contributed by atoms with Crippen LogP contribution in [0.3, 0.4) is 0 Å². The van der Waals surface area contributed by atoms with Gasteiger partial charge in [0.25, 0.3) is 0 Å². The van der Waals surface area contributed by atoms with E-state index in [4.69, 9.17) is 11.1 Å². The van der Waals surface area contributed by atoms with Crippen molar-refractivity contribution >= 4 is 11.7 Å². The maximum absolute atomic E-state index is 9.50. The van der Waals surface area contributed by atoms with Gasteiger partial charge in [0.2, 0.25) is 0 Å². The van der Waals surface area contributed by atoms with Crippen LogP contribution in [0, 0.1) is 5.41 Å². The van der Waals surface area contributed by atoms with E-state index in [1.54, 1.807) is 6.07 Å². The summed E-state index contributed by atoms with van der Waals surface area (Å²) in [5, 5.41) is 25.1. The van der Waals surface area contributed by atoms with Crippen molar-refractivity contribution in [1.29, 1.82) is 5.41 Å². The molecule has 6 heteroatoms. The summed E-state index contributed by atoms with van der Waals surface area (Å²) in [6, 6.07) is 1.74. The zero-order valence-corrected chi connectivity index (χ0v) is 10.3. The predicted molar refractivity (Wildman–Crippen MR) is 69.7 cm³/mol. The first-order valence-electron chi connectivity index (χ1n) is 6.27. The van der Waals surface area contributed by atoms with Gasteiger partial charge in [0, 0.05) is 6.54 Å². The summed E-state index contributed by atoms with van der Waals surface area (Å²) in [4.78, 5) is 2.04. The van der Waals surface area contributed by atoms with Crippen molar-refractivity contribution < 1.29 is 5.11 Å². The molecule has 0 aromatic carbocycles. The Bertz CT molecular complexity index is 423. The Morgan fingerprint density at radius 3 is 3.06 bits per heavy atom. The van der Waals surface area contributed by atoms with E-state index in [9.17, 15) is 5.11 Å². The highest BCUT2D eigenvalue weighted by Crippen LogP contribution is 2.24. The Kier molecular flexibility index (Phi) is 4.09. The van der Waals surface area contributed by atoms with Gasteiger partial charge in [-0.1, -0.05) is 12.8 Å². The normalized spacial score (nSPS) is 20.5. The van der Waals surface area contributed by atoms with Crippen LogP contribution >= 0.6 is 0 Å². The van der Waals surface area contributed by atoms with Crippen LogP contribution in [-0.2, 0) is 0 Å². The Morgan fingerprint density at radius 1 is 1.50 bits per heavy atom. The lowest BCUT2D eigenvalue weighted by Gasteiger charge is -2.30. The van der Waals surface area contributed by atoms with Crippen molar-refractivity contribution in [2.45, 2.75) is 31.7 Å². The maximum Gasteiger partial charge on any atom is 0.162 e. The van der Waals surface area contributed by atoms with Crippen LogP contribution in [0.5, 0.6) is 0 Å². The van der Waals surface area contributed by atoms with Crippen LogP contribution < -0.4 is 10.6 Å². The molecule has 2 heterocycles. The second-order valence-electron chi connectivity index (χ2n) is 4.56. The van der Waals surface area contributed by atoms with Crippen LogP contribution in [0.15, 0.2) is 12.3 Å². The average Bonchev–Trinajstić information content (AvgIpc) is 2.63. The number of nitrogens with two attached hydrogens (primary N) is 1. The lowest BCUT2D eigenvalue weighted by atomic mass is 10.1. The largest absolute Gasteiger partial charge is 0.394 e. The Hall–Kier alpha value is -1.69. The Balaban J connectivity index is 2.35. The number of hydrogen-bond donors (Lipinski definition) is 3. The predicted octanol–water partition coefficient (Wildman–Crippen LogP) is 0.502. The molecular weight excluding hydrogens is 230 g/mol. The SMILES string of the molecule is N=C(N)c1ccnnc1N1CCCCCC1CO. The Labute approximate surface area is 106 Å². The fraction of sp³-hybridized carbons (Fsp3) is 0.583. The van der Waals surface area contributed by atoms with Gasteiger partial charge in [-0.3, -0.25) is 5.41 Å². The number of nitrogens with one attached hydrogen (secondary N) is 1. The van der Waals surface area contributed by atoms with Crippen LogP contribution in [-0.4, -0.2) is 40.3 Å². The molecule has 0 spiro atoms. The molecule has 0 radical (unpaired) electrons. The van der Waals surface area contributed by atoms with E-state index in [2.05, 4.69) is 10.2 Å². The lowest BCUT2D eigenvalue weighted by Crippen LogP contribution is -2.39. The smallest absolute Gasteiger partial charge is 0.162 e. The molecule has 1 aromatic heterocycles. The first kappa shape index (κ1) is 12.8. The molecule has 1 unspecified atom stereocenters. The molecule has 1 fully saturated rings. The van der Waals surface area contributed by atoms with Crippen LogP contribution in [0.25, 0.3) is 0 Å². The molecule has 1 saturated heterocycles. The second kappa shape index (κ2) is 5.77. The molecular formula is C12H19N5O. The second-order valence-corrected chi connectivity index (χ2v) is 4.56. The van der Waals surface area contributed by atoms with Crippen molar-refractivity contribution in [1.82, 2.24) is 10.2 Å². The lowest BCUT2D eigenvalue weighted by molar-refractivity contribution is 0.254. The summed E-state index contributed by atoms with van der Waals surface area (Å²) in [7, 11) is 0. The number of anilines is 1.